The third kappa shape index (κ3) is 5.01. The van der Waals surface area contributed by atoms with E-state index in [1.807, 2.05) is 0 Å². The van der Waals surface area contributed by atoms with Crippen LogP contribution in [0.5, 0.6) is 0 Å². The first-order chi connectivity index (χ1) is 8.11. The molecule has 1 aromatic carbocycles. The van der Waals surface area contributed by atoms with Crippen LogP contribution in [0.15, 0.2) is 24.3 Å². The normalized spacial score (nSPS) is 9.71. The molecule has 0 fully saturated rings. The predicted molar refractivity (Wildman–Crippen MR) is 62.2 cm³/mol. The Balaban J connectivity index is 2.30. The van der Waals surface area contributed by atoms with Crippen LogP contribution in [-0.4, -0.2) is 25.7 Å². The van der Waals surface area contributed by atoms with Gasteiger partial charge in [-0.25, -0.2) is 0 Å². The Hall–Kier alpha value is -2.04. The van der Waals surface area contributed by atoms with Crippen molar-refractivity contribution < 1.29 is 19.1 Å². The summed E-state index contributed by atoms with van der Waals surface area (Å²) in [4.78, 5) is 22.1. The Labute approximate surface area is 99.5 Å². The highest BCUT2D eigenvalue weighted by molar-refractivity contribution is 5.73. The number of benzene rings is 1. The number of hydrogen-bond donors (Lipinski definition) is 1. The molecule has 0 atom stereocenters. The quantitative estimate of drug-likeness (QED) is 0.608. The zero-order chi connectivity index (χ0) is 12.7. The minimum absolute atomic E-state index is 0.0421. The number of carbonyl (C=O) groups is 2. The summed E-state index contributed by atoms with van der Waals surface area (Å²) < 4.78 is 9.30. The number of hydrogen-bond acceptors (Lipinski definition) is 5. The highest BCUT2D eigenvalue weighted by atomic mass is 16.5. The lowest BCUT2D eigenvalue weighted by atomic mass is 10.1. The number of carbonyl (C=O) groups excluding carboxylic acids is 2. The van der Waals surface area contributed by atoms with Gasteiger partial charge in [-0.2, -0.15) is 0 Å². The van der Waals surface area contributed by atoms with Crippen LogP contribution in [0.3, 0.4) is 0 Å². The third-order valence-corrected chi connectivity index (χ3v) is 2.13. The summed E-state index contributed by atoms with van der Waals surface area (Å²) in [5, 5.41) is 0. The van der Waals surface area contributed by atoms with E-state index >= 15 is 0 Å². The zero-order valence-electron chi connectivity index (χ0n) is 9.64. The SMILES string of the molecule is COC(=O)CCOC(=O)Cc1ccc(N)cc1. The van der Waals surface area contributed by atoms with Crippen LogP contribution < -0.4 is 5.73 Å². The molecule has 0 aliphatic rings. The summed E-state index contributed by atoms with van der Waals surface area (Å²) in [5.41, 5.74) is 6.99. The summed E-state index contributed by atoms with van der Waals surface area (Å²) >= 11 is 0. The minimum Gasteiger partial charge on any atom is -0.469 e. The van der Waals surface area contributed by atoms with Crippen LogP contribution in [0.2, 0.25) is 0 Å². The lowest BCUT2D eigenvalue weighted by Gasteiger charge is -2.04. The van der Waals surface area contributed by atoms with Gasteiger partial charge in [0.1, 0.15) is 6.61 Å². The molecule has 0 saturated heterocycles. The molecule has 2 N–H and O–H groups in total. The van der Waals surface area contributed by atoms with Crippen molar-refractivity contribution >= 4 is 17.6 Å². The van der Waals surface area contributed by atoms with Crippen LogP contribution in [0.25, 0.3) is 0 Å². The van der Waals surface area contributed by atoms with E-state index < -0.39 is 5.97 Å². The first-order valence-electron chi connectivity index (χ1n) is 5.18. The topological polar surface area (TPSA) is 78.6 Å². The van der Waals surface area contributed by atoms with Crippen LogP contribution in [-0.2, 0) is 25.5 Å². The highest BCUT2D eigenvalue weighted by Crippen LogP contribution is 2.06. The van der Waals surface area contributed by atoms with Gasteiger partial charge in [-0.1, -0.05) is 12.1 Å². The molecule has 0 radical (unpaired) electrons. The summed E-state index contributed by atoms with van der Waals surface area (Å²) in [6.45, 7) is 0.0421. The molecule has 0 aliphatic heterocycles. The number of methoxy groups -OCH3 is 1. The van der Waals surface area contributed by atoms with Gasteiger partial charge >= 0.3 is 11.9 Å². The van der Waals surface area contributed by atoms with Gasteiger partial charge in [-0.3, -0.25) is 9.59 Å². The maximum absolute atomic E-state index is 11.4. The number of ether oxygens (including phenoxy) is 2. The van der Waals surface area contributed by atoms with Gasteiger partial charge in [0.25, 0.3) is 0 Å². The second-order valence-corrected chi connectivity index (χ2v) is 3.46. The van der Waals surface area contributed by atoms with E-state index in [2.05, 4.69) is 4.74 Å². The molecule has 0 unspecified atom stereocenters. The standard InChI is InChI=1S/C12H15NO4/c1-16-11(14)6-7-17-12(15)8-9-2-4-10(13)5-3-9/h2-5H,6-8,13H2,1H3. The molecule has 0 bridgehead atoms. The molecule has 0 saturated carbocycles. The molecule has 0 heterocycles. The molecular weight excluding hydrogens is 222 g/mol. The minimum atomic E-state index is -0.398. The van der Waals surface area contributed by atoms with Crippen molar-refractivity contribution in [2.45, 2.75) is 12.8 Å². The van der Waals surface area contributed by atoms with E-state index in [1.54, 1.807) is 24.3 Å². The van der Waals surface area contributed by atoms with E-state index in [9.17, 15) is 9.59 Å². The van der Waals surface area contributed by atoms with Crippen molar-refractivity contribution in [1.29, 1.82) is 0 Å². The van der Waals surface area contributed by atoms with Gasteiger partial charge in [0.2, 0.25) is 0 Å². The van der Waals surface area contributed by atoms with Gasteiger partial charge in [0, 0.05) is 5.69 Å². The molecule has 0 spiro atoms. The summed E-state index contributed by atoms with van der Waals surface area (Å²) in [6.07, 6.45) is 0.241. The monoisotopic (exact) mass is 237 g/mol. The van der Waals surface area contributed by atoms with E-state index in [-0.39, 0.29) is 25.4 Å². The second-order valence-electron chi connectivity index (χ2n) is 3.46. The largest absolute Gasteiger partial charge is 0.469 e. The molecule has 1 rings (SSSR count). The summed E-state index contributed by atoms with van der Waals surface area (Å²) in [7, 11) is 1.29. The highest BCUT2D eigenvalue weighted by Gasteiger charge is 2.06. The predicted octanol–water partition coefficient (Wildman–Crippen LogP) is 0.918. The molecule has 92 valence electrons. The van der Waals surface area contributed by atoms with E-state index in [4.69, 9.17) is 10.5 Å². The van der Waals surface area contributed by atoms with Crippen molar-refractivity contribution in [2.75, 3.05) is 19.5 Å². The lowest BCUT2D eigenvalue weighted by Crippen LogP contribution is -2.12. The van der Waals surface area contributed by atoms with E-state index in [1.165, 1.54) is 7.11 Å². The molecule has 0 aromatic heterocycles. The molecule has 5 nitrogen and oxygen atoms in total. The van der Waals surface area contributed by atoms with Crippen molar-refractivity contribution in [2.24, 2.45) is 0 Å². The molecule has 0 amide bonds. The third-order valence-electron chi connectivity index (χ3n) is 2.13. The first-order valence-corrected chi connectivity index (χ1v) is 5.18. The van der Waals surface area contributed by atoms with E-state index in [0.717, 1.165) is 5.56 Å². The van der Waals surface area contributed by atoms with Gasteiger partial charge in [0.15, 0.2) is 0 Å². The number of nitrogen functional groups attached to an aromatic ring is 1. The Morgan fingerprint density at radius 2 is 1.82 bits per heavy atom. The fourth-order valence-electron chi connectivity index (χ4n) is 1.20. The Morgan fingerprint density at radius 1 is 1.18 bits per heavy atom. The van der Waals surface area contributed by atoms with Crippen LogP contribution >= 0.6 is 0 Å². The molecule has 5 heteroatoms. The van der Waals surface area contributed by atoms with Crippen molar-refractivity contribution in [3.63, 3.8) is 0 Å². The summed E-state index contributed by atoms with van der Waals surface area (Å²) in [5.74, 6) is -0.774. The van der Waals surface area contributed by atoms with Crippen molar-refractivity contribution in [1.82, 2.24) is 0 Å². The van der Waals surface area contributed by atoms with Crippen LogP contribution in [0, 0.1) is 0 Å². The van der Waals surface area contributed by atoms with Gasteiger partial charge < -0.3 is 15.2 Å². The summed E-state index contributed by atoms with van der Waals surface area (Å²) in [6, 6.07) is 6.96. The number of anilines is 1. The van der Waals surface area contributed by atoms with Gasteiger partial charge in [-0.15, -0.1) is 0 Å². The van der Waals surface area contributed by atoms with Crippen LogP contribution in [0.1, 0.15) is 12.0 Å². The zero-order valence-corrected chi connectivity index (χ0v) is 9.64. The smallest absolute Gasteiger partial charge is 0.310 e. The fourth-order valence-corrected chi connectivity index (χ4v) is 1.20. The van der Waals surface area contributed by atoms with Crippen molar-refractivity contribution in [3.8, 4) is 0 Å². The number of rotatable bonds is 5. The van der Waals surface area contributed by atoms with Gasteiger partial charge in [0.05, 0.1) is 20.0 Å². The molecule has 17 heavy (non-hydrogen) atoms. The maximum atomic E-state index is 11.4. The Morgan fingerprint density at radius 3 is 2.41 bits per heavy atom. The molecule has 1 aromatic rings. The number of esters is 2. The van der Waals surface area contributed by atoms with Crippen LogP contribution in [0.4, 0.5) is 5.69 Å². The molecular formula is C12H15NO4. The van der Waals surface area contributed by atoms with Crippen molar-refractivity contribution in [3.05, 3.63) is 29.8 Å². The molecule has 0 aliphatic carbocycles. The lowest BCUT2D eigenvalue weighted by molar-refractivity contribution is -0.147. The second kappa shape index (κ2) is 6.52. The first kappa shape index (κ1) is 13.0. The maximum Gasteiger partial charge on any atom is 0.310 e. The average molecular weight is 237 g/mol. The van der Waals surface area contributed by atoms with Gasteiger partial charge in [-0.05, 0) is 17.7 Å². The average Bonchev–Trinajstić information content (AvgIpc) is 2.32. The fraction of sp³-hybridized carbons (Fsp3) is 0.333. The number of nitrogens with two attached hydrogens (primary N) is 1. The van der Waals surface area contributed by atoms with E-state index in [0.29, 0.717) is 5.69 Å². The Kier molecular flexibility index (Phi) is 5.00. The Bertz CT molecular complexity index is 386.